The maximum atomic E-state index is 12.1. The van der Waals surface area contributed by atoms with E-state index in [1.807, 2.05) is 42.5 Å². The molecule has 23 heavy (non-hydrogen) atoms. The number of benzene rings is 2. The van der Waals surface area contributed by atoms with Gasteiger partial charge in [-0.3, -0.25) is 4.79 Å². The summed E-state index contributed by atoms with van der Waals surface area (Å²) < 4.78 is 10.8. The number of carbonyl (C=O) groups is 1. The van der Waals surface area contributed by atoms with Gasteiger partial charge in [-0.15, -0.1) is 0 Å². The summed E-state index contributed by atoms with van der Waals surface area (Å²) in [7, 11) is 0. The Labute approximate surface area is 134 Å². The first-order valence-corrected chi connectivity index (χ1v) is 7.62. The number of hydrogen-bond acceptors (Lipinski definition) is 4. The van der Waals surface area contributed by atoms with Gasteiger partial charge in [0.25, 0.3) is 5.91 Å². The Balaban J connectivity index is 1.60. The van der Waals surface area contributed by atoms with Gasteiger partial charge < -0.3 is 14.8 Å². The normalized spacial score (nSPS) is 16.5. The molecule has 1 saturated heterocycles. The fourth-order valence-electron chi connectivity index (χ4n) is 2.69. The molecule has 2 aromatic rings. The Kier molecular flexibility index (Phi) is 4.45. The Hall–Kier alpha value is -2.58. The smallest absolute Gasteiger partial charge is 0.259 e. The summed E-state index contributed by atoms with van der Waals surface area (Å²) in [6, 6.07) is 15.8. The van der Waals surface area contributed by atoms with Gasteiger partial charge in [0.2, 0.25) is 0 Å². The van der Waals surface area contributed by atoms with Crippen LogP contribution in [0.15, 0.2) is 42.5 Å². The fraction of sp³-hybridized carbons (Fsp3) is 0.333. The molecule has 0 atom stereocenters. The molecule has 1 aliphatic rings. The number of nitrogens with zero attached hydrogens (tertiary/aromatic N) is 1. The summed E-state index contributed by atoms with van der Waals surface area (Å²) in [4.78, 5) is 12.1. The number of fused-ring (bicyclic) bond motifs is 1. The largest absolute Gasteiger partial charge is 0.484 e. The number of nitriles is 1. The molecule has 0 aromatic heterocycles. The van der Waals surface area contributed by atoms with E-state index < -0.39 is 5.54 Å². The molecule has 1 heterocycles. The summed E-state index contributed by atoms with van der Waals surface area (Å²) in [5.74, 6) is 0.346. The van der Waals surface area contributed by atoms with E-state index in [0.717, 1.165) is 10.8 Å². The van der Waals surface area contributed by atoms with Gasteiger partial charge in [-0.05, 0) is 22.9 Å². The van der Waals surface area contributed by atoms with Crippen LogP contribution in [0.2, 0.25) is 0 Å². The van der Waals surface area contributed by atoms with Crippen molar-refractivity contribution in [3.8, 4) is 11.8 Å². The van der Waals surface area contributed by atoms with Crippen LogP contribution in [0.25, 0.3) is 10.8 Å². The van der Waals surface area contributed by atoms with Crippen molar-refractivity contribution >= 4 is 16.7 Å². The second kappa shape index (κ2) is 6.67. The van der Waals surface area contributed by atoms with E-state index >= 15 is 0 Å². The highest BCUT2D eigenvalue weighted by Gasteiger charge is 2.34. The van der Waals surface area contributed by atoms with E-state index in [1.54, 1.807) is 0 Å². The van der Waals surface area contributed by atoms with E-state index in [-0.39, 0.29) is 12.5 Å². The molecule has 5 nitrogen and oxygen atoms in total. The number of ether oxygens (including phenoxy) is 2. The van der Waals surface area contributed by atoms with Crippen LogP contribution >= 0.6 is 0 Å². The number of rotatable bonds is 4. The van der Waals surface area contributed by atoms with Crippen molar-refractivity contribution in [2.75, 3.05) is 19.8 Å². The minimum Gasteiger partial charge on any atom is -0.484 e. The maximum absolute atomic E-state index is 12.1. The minimum absolute atomic E-state index is 0.109. The molecule has 0 saturated carbocycles. The number of amides is 1. The van der Waals surface area contributed by atoms with Crippen molar-refractivity contribution in [2.24, 2.45) is 0 Å². The lowest BCUT2D eigenvalue weighted by Crippen LogP contribution is -2.52. The molecule has 5 heteroatoms. The molecule has 0 spiro atoms. The Bertz CT molecular complexity index is 745. The summed E-state index contributed by atoms with van der Waals surface area (Å²) in [6.07, 6.45) is 1.01. The first-order valence-electron chi connectivity index (χ1n) is 7.62. The van der Waals surface area contributed by atoms with E-state index in [2.05, 4.69) is 11.4 Å². The molecule has 1 N–H and O–H groups in total. The molecule has 0 aliphatic carbocycles. The van der Waals surface area contributed by atoms with Crippen LogP contribution in [0.4, 0.5) is 0 Å². The molecule has 1 amide bonds. The van der Waals surface area contributed by atoms with Crippen molar-refractivity contribution in [3.05, 3.63) is 42.5 Å². The third-order valence-electron chi connectivity index (χ3n) is 4.03. The highest BCUT2D eigenvalue weighted by molar-refractivity contribution is 5.84. The zero-order valence-electron chi connectivity index (χ0n) is 12.7. The summed E-state index contributed by atoms with van der Waals surface area (Å²) in [5.41, 5.74) is -0.831. The predicted octanol–water partition coefficient (Wildman–Crippen LogP) is 2.41. The van der Waals surface area contributed by atoms with Gasteiger partial charge in [-0.1, -0.05) is 30.3 Å². The van der Waals surface area contributed by atoms with E-state index in [4.69, 9.17) is 9.47 Å². The molecular weight excluding hydrogens is 292 g/mol. The van der Waals surface area contributed by atoms with Crippen molar-refractivity contribution in [3.63, 3.8) is 0 Å². The third-order valence-corrected chi connectivity index (χ3v) is 4.03. The first kappa shape index (κ1) is 15.3. The quantitative estimate of drug-likeness (QED) is 0.941. The molecule has 1 aliphatic heterocycles. The van der Waals surface area contributed by atoms with Crippen LogP contribution in [0, 0.1) is 11.3 Å². The van der Waals surface area contributed by atoms with Gasteiger partial charge >= 0.3 is 0 Å². The lowest BCUT2D eigenvalue weighted by molar-refractivity contribution is -0.125. The standard InChI is InChI=1S/C18H18N2O3/c19-13-18(7-9-22-10-8-18)20-17(21)12-23-16-6-5-14-3-1-2-4-15(14)11-16/h1-6,11H,7-10,12H2,(H,20,21). The highest BCUT2D eigenvalue weighted by atomic mass is 16.5. The first-order chi connectivity index (χ1) is 11.2. The monoisotopic (exact) mass is 310 g/mol. The molecule has 0 bridgehead atoms. The average molecular weight is 310 g/mol. The molecule has 2 aromatic carbocycles. The number of carbonyl (C=O) groups excluding carboxylic acids is 1. The van der Waals surface area contributed by atoms with Gasteiger partial charge in [-0.25, -0.2) is 0 Å². The van der Waals surface area contributed by atoms with Gasteiger partial charge in [0.05, 0.1) is 6.07 Å². The molecular formula is C18H18N2O3. The zero-order chi connectivity index (χ0) is 16.1. The van der Waals surface area contributed by atoms with Gasteiger partial charge in [0, 0.05) is 26.1 Å². The van der Waals surface area contributed by atoms with Crippen molar-refractivity contribution in [1.29, 1.82) is 5.26 Å². The second-order valence-corrected chi connectivity index (χ2v) is 5.65. The zero-order valence-corrected chi connectivity index (χ0v) is 12.7. The van der Waals surface area contributed by atoms with Crippen LogP contribution in [0.5, 0.6) is 5.75 Å². The van der Waals surface area contributed by atoms with Crippen LogP contribution < -0.4 is 10.1 Å². The van der Waals surface area contributed by atoms with Crippen molar-refractivity contribution in [1.82, 2.24) is 5.32 Å². The molecule has 3 rings (SSSR count). The molecule has 118 valence electrons. The van der Waals surface area contributed by atoms with E-state index in [1.165, 1.54) is 0 Å². The predicted molar refractivity (Wildman–Crippen MR) is 86.0 cm³/mol. The van der Waals surface area contributed by atoms with Gasteiger partial charge in [-0.2, -0.15) is 5.26 Å². The van der Waals surface area contributed by atoms with Gasteiger partial charge in [0.15, 0.2) is 6.61 Å². The van der Waals surface area contributed by atoms with Crippen LogP contribution in [-0.2, 0) is 9.53 Å². The minimum atomic E-state index is -0.831. The van der Waals surface area contributed by atoms with Gasteiger partial charge in [0.1, 0.15) is 11.3 Å². The summed E-state index contributed by atoms with van der Waals surface area (Å²) in [5, 5.41) is 14.3. The van der Waals surface area contributed by atoms with Crippen molar-refractivity contribution < 1.29 is 14.3 Å². The fourth-order valence-corrected chi connectivity index (χ4v) is 2.69. The molecule has 1 fully saturated rings. The Morgan fingerprint density at radius 1 is 1.22 bits per heavy atom. The Morgan fingerprint density at radius 3 is 2.70 bits per heavy atom. The van der Waals surface area contributed by atoms with Crippen LogP contribution in [-0.4, -0.2) is 31.3 Å². The van der Waals surface area contributed by atoms with Crippen molar-refractivity contribution in [2.45, 2.75) is 18.4 Å². The molecule has 0 unspecified atom stereocenters. The average Bonchev–Trinajstić information content (AvgIpc) is 2.60. The maximum Gasteiger partial charge on any atom is 0.259 e. The SMILES string of the molecule is N#CC1(NC(=O)COc2ccc3ccccc3c2)CCOCC1. The summed E-state index contributed by atoms with van der Waals surface area (Å²) >= 11 is 0. The lowest BCUT2D eigenvalue weighted by Gasteiger charge is -2.31. The summed E-state index contributed by atoms with van der Waals surface area (Å²) in [6.45, 7) is 0.862. The third kappa shape index (κ3) is 3.61. The van der Waals surface area contributed by atoms with E-state index in [0.29, 0.717) is 31.8 Å². The number of hydrogen-bond donors (Lipinski definition) is 1. The molecule has 0 radical (unpaired) electrons. The van der Waals surface area contributed by atoms with E-state index in [9.17, 15) is 10.1 Å². The van der Waals surface area contributed by atoms with Crippen LogP contribution in [0.3, 0.4) is 0 Å². The number of nitrogens with one attached hydrogen (secondary N) is 1. The van der Waals surface area contributed by atoms with Crippen LogP contribution in [0.1, 0.15) is 12.8 Å². The Morgan fingerprint density at radius 2 is 1.96 bits per heavy atom. The second-order valence-electron chi connectivity index (χ2n) is 5.65. The lowest BCUT2D eigenvalue weighted by atomic mass is 9.92. The highest BCUT2D eigenvalue weighted by Crippen LogP contribution is 2.21. The topological polar surface area (TPSA) is 71.4 Å².